The van der Waals surface area contributed by atoms with Crippen LogP contribution in [0.4, 0.5) is 11.4 Å². The average molecular weight is 239 g/mol. The summed E-state index contributed by atoms with van der Waals surface area (Å²) in [5.74, 6) is 0.323. The molecule has 1 aliphatic heterocycles. The van der Waals surface area contributed by atoms with Crippen molar-refractivity contribution in [2.75, 3.05) is 17.3 Å². The number of likely N-dealkylation sites (N-methyl/N-ethyl adjacent to an activating group) is 1. The topological polar surface area (TPSA) is 32.3 Å². The molecule has 4 heteroatoms. The van der Waals surface area contributed by atoms with Gasteiger partial charge in [0.1, 0.15) is 6.04 Å². The summed E-state index contributed by atoms with van der Waals surface area (Å²) in [5, 5.41) is 3.88. The number of nitrogens with one attached hydrogen (secondary N) is 1. The molecule has 1 aliphatic rings. The second-order valence-corrected chi connectivity index (χ2v) is 4.80. The third kappa shape index (κ3) is 1.65. The largest absolute Gasteiger partial charge is 0.371 e. The van der Waals surface area contributed by atoms with Crippen molar-refractivity contribution in [2.45, 2.75) is 19.9 Å². The van der Waals surface area contributed by atoms with Crippen molar-refractivity contribution >= 4 is 28.9 Å². The third-order valence-corrected chi connectivity index (χ3v) is 3.23. The first-order chi connectivity index (χ1) is 7.52. The summed E-state index contributed by atoms with van der Waals surface area (Å²) in [4.78, 5) is 13.7. The van der Waals surface area contributed by atoms with E-state index in [0.717, 1.165) is 11.4 Å². The van der Waals surface area contributed by atoms with Gasteiger partial charge in [-0.2, -0.15) is 0 Å². The number of amides is 1. The molecule has 16 heavy (non-hydrogen) atoms. The van der Waals surface area contributed by atoms with Gasteiger partial charge in [-0.15, -0.1) is 0 Å². The van der Waals surface area contributed by atoms with E-state index in [1.165, 1.54) is 0 Å². The van der Waals surface area contributed by atoms with Crippen LogP contribution in [0.15, 0.2) is 18.2 Å². The van der Waals surface area contributed by atoms with Crippen LogP contribution >= 0.6 is 11.6 Å². The molecule has 1 unspecified atom stereocenters. The highest BCUT2D eigenvalue weighted by molar-refractivity contribution is 6.34. The van der Waals surface area contributed by atoms with Crippen LogP contribution < -0.4 is 10.2 Å². The molecule has 1 N–H and O–H groups in total. The number of hydrogen-bond acceptors (Lipinski definition) is 2. The molecule has 0 fully saturated rings. The van der Waals surface area contributed by atoms with E-state index >= 15 is 0 Å². The summed E-state index contributed by atoms with van der Waals surface area (Å²) >= 11 is 6.12. The molecule has 3 nitrogen and oxygen atoms in total. The first-order valence-electron chi connectivity index (χ1n) is 5.35. The van der Waals surface area contributed by atoms with Gasteiger partial charge in [-0.3, -0.25) is 4.79 Å². The van der Waals surface area contributed by atoms with Gasteiger partial charge in [-0.25, -0.2) is 0 Å². The Bertz CT molecular complexity index is 431. The number of benzene rings is 1. The lowest BCUT2D eigenvalue weighted by Crippen LogP contribution is -2.47. The minimum absolute atomic E-state index is 0.0877. The molecular weight excluding hydrogens is 224 g/mol. The summed E-state index contributed by atoms with van der Waals surface area (Å²) in [6, 6.07) is 5.37. The van der Waals surface area contributed by atoms with E-state index in [4.69, 9.17) is 11.6 Å². The first kappa shape index (κ1) is 11.3. The number of halogens is 1. The summed E-state index contributed by atoms with van der Waals surface area (Å²) in [7, 11) is 1.79. The van der Waals surface area contributed by atoms with Gasteiger partial charge in [-0.1, -0.05) is 31.5 Å². The third-order valence-electron chi connectivity index (χ3n) is 2.92. The fraction of sp³-hybridized carbons (Fsp3) is 0.417. The highest BCUT2D eigenvalue weighted by atomic mass is 35.5. The van der Waals surface area contributed by atoms with E-state index in [1.807, 2.05) is 32.0 Å². The Hall–Kier alpha value is -1.22. The smallest absolute Gasteiger partial charge is 0.249 e. The molecule has 0 aliphatic carbocycles. The molecule has 0 saturated carbocycles. The molecule has 2 rings (SSSR count). The Morgan fingerprint density at radius 2 is 2.12 bits per heavy atom. The number of nitrogens with zero attached hydrogens (tertiary/aromatic N) is 1. The predicted molar refractivity (Wildman–Crippen MR) is 67.1 cm³/mol. The molecule has 0 radical (unpaired) electrons. The van der Waals surface area contributed by atoms with Gasteiger partial charge in [-0.05, 0) is 18.1 Å². The number of para-hydroxylation sites is 1. The van der Waals surface area contributed by atoms with Gasteiger partial charge in [0.25, 0.3) is 0 Å². The second-order valence-electron chi connectivity index (χ2n) is 4.40. The Morgan fingerprint density at radius 3 is 2.75 bits per heavy atom. The average Bonchev–Trinajstić information content (AvgIpc) is 2.23. The highest BCUT2D eigenvalue weighted by Crippen LogP contribution is 2.37. The van der Waals surface area contributed by atoms with Crippen molar-refractivity contribution in [1.29, 1.82) is 0 Å². The highest BCUT2D eigenvalue weighted by Gasteiger charge is 2.32. The lowest BCUT2D eigenvalue weighted by molar-refractivity contribution is -0.120. The Kier molecular flexibility index (Phi) is 2.80. The lowest BCUT2D eigenvalue weighted by Gasteiger charge is -2.35. The number of carbonyl (C=O) groups excluding carboxylic acids is 1. The molecule has 0 saturated heterocycles. The normalized spacial score (nSPS) is 19.7. The zero-order valence-electron chi connectivity index (χ0n) is 9.62. The van der Waals surface area contributed by atoms with Crippen molar-refractivity contribution in [2.24, 2.45) is 5.92 Å². The van der Waals surface area contributed by atoms with Crippen molar-refractivity contribution in [3.05, 3.63) is 23.2 Å². The van der Waals surface area contributed by atoms with E-state index in [0.29, 0.717) is 5.02 Å². The van der Waals surface area contributed by atoms with Crippen LogP contribution in [0.3, 0.4) is 0 Å². The van der Waals surface area contributed by atoms with Crippen LogP contribution in [-0.2, 0) is 4.79 Å². The minimum Gasteiger partial charge on any atom is -0.371 e. The molecule has 86 valence electrons. The Labute approximate surface area is 100 Å². The molecular formula is C12H15ClN2O. The van der Waals surface area contributed by atoms with Gasteiger partial charge in [0.05, 0.1) is 16.4 Å². The molecule has 1 aromatic carbocycles. The van der Waals surface area contributed by atoms with E-state index < -0.39 is 0 Å². The van der Waals surface area contributed by atoms with Crippen molar-refractivity contribution in [1.82, 2.24) is 0 Å². The van der Waals surface area contributed by atoms with Crippen LogP contribution in [-0.4, -0.2) is 19.0 Å². The van der Waals surface area contributed by atoms with Crippen LogP contribution in [0, 0.1) is 5.92 Å². The molecule has 0 spiro atoms. The molecule has 1 amide bonds. The van der Waals surface area contributed by atoms with Crippen molar-refractivity contribution in [3.8, 4) is 0 Å². The van der Waals surface area contributed by atoms with Gasteiger partial charge in [0.15, 0.2) is 0 Å². The SMILES string of the molecule is CC(C)C1Nc2c(Cl)cccc2N(C)C1=O. The quantitative estimate of drug-likeness (QED) is 0.816. The Morgan fingerprint density at radius 1 is 1.44 bits per heavy atom. The fourth-order valence-electron chi connectivity index (χ4n) is 1.93. The van der Waals surface area contributed by atoms with Crippen molar-refractivity contribution < 1.29 is 4.79 Å². The van der Waals surface area contributed by atoms with Crippen LogP contribution in [0.1, 0.15) is 13.8 Å². The number of anilines is 2. The van der Waals surface area contributed by atoms with Gasteiger partial charge in [0.2, 0.25) is 5.91 Å². The number of carbonyl (C=O) groups is 1. The fourth-order valence-corrected chi connectivity index (χ4v) is 2.16. The maximum atomic E-state index is 12.1. The van der Waals surface area contributed by atoms with Crippen molar-refractivity contribution in [3.63, 3.8) is 0 Å². The minimum atomic E-state index is -0.197. The maximum absolute atomic E-state index is 12.1. The molecule has 1 heterocycles. The summed E-state index contributed by atoms with van der Waals surface area (Å²) < 4.78 is 0. The molecule has 0 aromatic heterocycles. The van der Waals surface area contributed by atoms with E-state index in [9.17, 15) is 4.79 Å². The number of rotatable bonds is 1. The number of hydrogen-bond donors (Lipinski definition) is 1. The Balaban J connectivity index is 2.48. The van der Waals surface area contributed by atoms with Gasteiger partial charge in [0, 0.05) is 7.05 Å². The zero-order valence-corrected chi connectivity index (χ0v) is 10.4. The van der Waals surface area contributed by atoms with Crippen LogP contribution in [0.25, 0.3) is 0 Å². The predicted octanol–water partition coefficient (Wildman–Crippen LogP) is 2.75. The summed E-state index contributed by atoms with van der Waals surface area (Å²) in [6.07, 6.45) is 0. The van der Waals surface area contributed by atoms with E-state index in [2.05, 4.69) is 5.32 Å². The van der Waals surface area contributed by atoms with Gasteiger partial charge >= 0.3 is 0 Å². The number of fused-ring (bicyclic) bond motifs is 1. The molecule has 1 atom stereocenters. The van der Waals surface area contributed by atoms with Crippen LogP contribution in [0.2, 0.25) is 5.02 Å². The maximum Gasteiger partial charge on any atom is 0.249 e. The zero-order chi connectivity index (χ0) is 11.9. The standard InChI is InChI=1S/C12H15ClN2O/c1-7(2)10-12(16)15(3)9-6-4-5-8(13)11(9)14-10/h4-7,10,14H,1-3H3. The summed E-state index contributed by atoms with van der Waals surface area (Å²) in [6.45, 7) is 4.04. The summed E-state index contributed by atoms with van der Waals surface area (Å²) in [5.41, 5.74) is 1.69. The van der Waals surface area contributed by atoms with Crippen LogP contribution in [0.5, 0.6) is 0 Å². The molecule has 0 bridgehead atoms. The first-order valence-corrected chi connectivity index (χ1v) is 5.72. The van der Waals surface area contributed by atoms with E-state index in [-0.39, 0.29) is 17.9 Å². The lowest BCUT2D eigenvalue weighted by atomic mass is 9.99. The second kappa shape index (κ2) is 3.98. The molecule has 1 aromatic rings. The van der Waals surface area contributed by atoms with E-state index in [1.54, 1.807) is 11.9 Å². The monoisotopic (exact) mass is 238 g/mol. The van der Waals surface area contributed by atoms with Gasteiger partial charge < -0.3 is 10.2 Å².